The van der Waals surface area contributed by atoms with E-state index in [1.807, 2.05) is 43.0 Å². The molecule has 1 aromatic carbocycles. The van der Waals surface area contributed by atoms with E-state index in [2.05, 4.69) is 33.8 Å². The Morgan fingerprint density at radius 1 is 0.581 bits per heavy atom. The molecule has 0 fully saturated rings. The van der Waals surface area contributed by atoms with Crippen molar-refractivity contribution in [3.8, 4) is 28.3 Å². The molecule has 1 aliphatic heterocycles. The Hall–Kier alpha value is -3.00. The second kappa shape index (κ2) is 11.4. The van der Waals surface area contributed by atoms with Gasteiger partial charge in [0.2, 0.25) is 5.69 Å². The normalized spacial score (nSPS) is 16.1. The van der Waals surface area contributed by atoms with Gasteiger partial charge in [0.05, 0.1) is 45.7 Å². The minimum atomic E-state index is 0.435. The van der Waals surface area contributed by atoms with Gasteiger partial charge < -0.3 is 23.7 Å². The van der Waals surface area contributed by atoms with Crippen molar-refractivity contribution in [1.82, 2.24) is 0 Å². The van der Waals surface area contributed by atoms with Crippen LogP contribution in [0.5, 0.6) is 11.5 Å². The highest BCUT2D eigenvalue weighted by molar-refractivity contribution is 5.61. The van der Waals surface area contributed by atoms with Gasteiger partial charge >= 0.3 is 0 Å². The molecule has 0 unspecified atom stereocenters. The maximum Gasteiger partial charge on any atom is 0.214 e. The maximum absolute atomic E-state index is 5.97. The molecule has 1 N–H and O–H groups in total. The molecule has 3 aromatic rings. The molecule has 0 saturated carbocycles. The van der Waals surface area contributed by atoms with Crippen molar-refractivity contribution in [2.45, 2.75) is 0 Å². The van der Waals surface area contributed by atoms with E-state index in [0.717, 1.165) is 16.8 Å². The highest BCUT2D eigenvalue weighted by Gasteiger charge is 2.14. The van der Waals surface area contributed by atoms with Gasteiger partial charge in [0.1, 0.15) is 13.2 Å². The number of aromatic amines is 1. The summed E-state index contributed by atoms with van der Waals surface area (Å²) in [5.41, 5.74) is 3.30. The number of pyridine rings is 2. The molecule has 162 valence electrons. The van der Waals surface area contributed by atoms with E-state index in [1.165, 1.54) is 0 Å². The molecular formula is C24H28N2O5+2. The van der Waals surface area contributed by atoms with Crippen LogP contribution in [-0.4, -0.2) is 52.9 Å². The third-order valence-electron chi connectivity index (χ3n) is 4.82. The van der Waals surface area contributed by atoms with Crippen LogP contribution >= 0.6 is 0 Å². The number of hydrogen-bond acceptors (Lipinski definition) is 5. The summed E-state index contributed by atoms with van der Waals surface area (Å²) < 4.78 is 30.4. The lowest BCUT2D eigenvalue weighted by Gasteiger charge is -2.13. The summed E-state index contributed by atoms with van der Waals surface area (Å²) in [7, 11) is 0. The SMILES string of the molecule is c1cc(-c2cc[n+](-c3ccc4c(c3)OCCOCCOCCOCCO4)cc2)cc[nH+]1. The zero-order chi connectivity index (χ0) is 21.1. The molecule has 2 aromatic heterocycles. The number of fused-ring (bicyclic) bond motifs is 1. The van der Waals surface area contributed by atoms with E-state index in [0.29, 0.717) is 64.4 Å². The number of benzene rings is 1. The summed E-state index contributed by atoms with van der Waals surface area (Å²) in [6, 6.07) is 14.2. The Labute approximate surface area is 182 Å². The second-order valence-corrected chi connectivity index (χ2v) is 6.95. The molecule has 3 heterocycles. The largest absolute Gasteiger partial charge is 0.487 e. The number of ether oxygens (including phenoxy) is 5. The highest BCUT2D eigenvalue weighted by atomic mass is 16.6. The lowest BCUT2D eigenvalue weighted by molar-refractivity contribution is -0.595. The number of aromatic nitrogens is 2. The van der Waals surface area contributed by atoms with Crippen molar-refractivity contribution in [3.63, 3.8) is 0 Å². The first-order valence-corrected chi connectivity index (χ1v) is 10.5. The number of nitrogens with zero attached hydrogens (tertiary/aromatic N) is 1. The third-order valence-corrected chi connectivity index (χ3v) is 4.82. The van der Waals surface area contributed by atoms with Crippen molar-refractivity contribution >= 4 is 0 Å². The van der Waals surface area contributed by atoms with Crippen molar-refractivity contribution in [2.75, 3.05) is 52.9 Å². The molecular weight excluding hydrogens is 396 g/mol. The van der Waals surface area contributed by atoms with Crippen LogP contribution in [-0.2, 0) is 14.2 Å². The van der Waals surface area contributed by atoms with Crippen LogP contribution in [0.4, 0.5) is 0 Å². The van der Waals surface area contributed by atoms with Crippen LogP contribution in [0.25, 0.3) is 16.8 Å². The van der Waals surface area contributed by atoms with E-state index in [4.69, 9.17) is 23.7 Å². The average molecular weight is 424 g/mol. The Morgan fingerprint density at radius 3 is 1.77 bits per heavy atom. The highest BCUT2D eigenvalue weighted by Crippen LogP contribution is 2.29. The molecule has 0 spiro atoms. The standard InChI is InChI=1S/C24H27N2O5/c1-2-23-24(31-18-16-29-14-12-27-11-13-28-15-17-30-23)19-22(1)26-9-5-21(6-10-26)20-3-7-25-8-4-20/h1-10,19H,11-18H2/q+1/p+1. The Morgan fingerprint density at radius 2 is 1.13 bits per heavy atom. The van der Waals surface area contributed by atoms with Crippen LogP contribution in [0.15, 0.2) is 67.3 Å². The first kappa shape index (κ1) is 21.2. The fraction of sp³-hybridized carbons (Fsp3) is 0.333. The minimum Gasteiger partial charge on any atom is -0.487 e. The summed E-state index contributed by atoms with van der Waals surface area (Å²) in [5.74, 6) is 1.37. The third kappa shape index (κ3) is 6.24. The topological polar surface area (TPSA) is 64.2 Å². The van der Waals surface area contributed by atoms with Crippen molar-refractivity contribution in [2.24, 2.45) is 0 Å². The molecule has 0 saturated heterocycles. The van der Waals surface area contributed by atoms with E-state index in [-0.39, 0.29) is 0 Å². The number of rotatable bonds is 2. The Balaban J connectivity index is 1.49. The number of H-pyrrole nitrogens is 1. The summed E-state index contributed by atoms with van der Waals surface area (Å²) in [6.45, 7) is 4.04. The van der Waals surface area contributed by atoms with Gasteiger partial charge in [-0.2, -0.15) is 4.57 Å². The first-order valence-electron chi connectivity index (χ1n) is 10.5. The average Bonchev–Trinajstić information content (AvgIpc) is 2.84. The summed E-state index contributed by atoms with van der Waals surface area (Å²) >= 11 is 0. The van der Waals surface area contributed by atoms with Gasteiger partial charge in [-0.15, -0.1) is 0 Å². The summed E-state index contributed by atoms with van der Waals surface area (Å²) in [6.07, 6.45) is 7.92. The lowest BCUT2D eigenvalue weighted by atomic mass is 10.1. The molecule has 4 rings (SSSR count). The summed E-state index contributed by atoms with van der Waals surface area (Å²) in [4.78, 5) is 3.05. The van der Waals surface area contributed by atoms with Gasteiger partial charge in [-0.1, -0.05) is 0 Å². The molecule has 0 atom stereocenters. The molecule has 1 aliphatic rings. The van der Waals surface area contributed by atoms with Crippen LogP contribution < -0.4 is 19.0 Å². The fourth-order valence-corrected chi connectivity index (χ4v) is 3.22. The predicted octanol–water partition coefficient (Wildman–Crippen LogP) is 2.27. The van der Waals surface area contributed by atoms with Gasteiger partial charge in [0.25, 0.3) is 0 Å². The molecule has 0 radical (unpaired) electrons. The monoisotopic (exact) mass is 424 g/mol. The van der Waals surface area contributed by atoms with Gasteiger partial charge in [0.15, 0.2) is 36.3 Å². The number of hydrogen-bond donors (Lipinski definition) is 0. The van der Waals surface area contributed by atoms with E-state index in [9.17, 15) is 0 Å². The van der Waals surface area contributed by atoms with Gasteiger partial charge in [0, 0.05) is 30.3 Å². The van der Waals surface area contributed by atoms with Crippen molar-refractivity contribution in [3.05, 3.63) is 67.3 Å². The molecule has 0 bridgehead atoms. The van der Waals surface area contributed by atoms with Gasteiger partial charge in [-0.05, 0) is 17.2 Å². The molecule has 7 heteroatoms. The number of nitrogens with one attached hydrogen (secondary N) is 1. The second-order valence-electron chi connectivity index (χ2n) is 6.95. The lowest BCUT2D eigenvalue weighted by Crippen LogP contribution is -2.29. The van der Waals surface area contributed by atoms with Crippen molar-refractivity contribution in [1.29, 1.82) is 0 Å². The summed E-state index contributed by atoms with van der Waals surface area (Å²) in [5, 5.41) is 0. The van der Waals surface area contributed by atoms with E-state index in [1.54, 1.807) is 0 Å². The van der Waals surface area contributed by atoms with E-state index >= 15 is 0 Å². The molecule has 31 heavy (non-hydrogen) atoms. The minimum absolute atomic E-state index is 0.435. The Kier molecular flexibility index (Phi) is 7.82. The van der Waals surface area contributed by atoms with Crippen LogP contribution in [0.2, 0.25) is 0 Å². The zero-order valence-corrected chi connectivity index (χ0v) is 17.5. The maximum atomic E-state index is 5.97. The Bertz CT molecular complexity index is 934. The predicted molar refractivity (Wildman–Crippen MR) is 113 cm³/mol. The fourth-order valence-electron chi connectivity index (χ4n) is 3.22. The smallest absolute Gasteiger partial charge is 0.214 e. The zero-order valence-electron chi connectivity index (χ0n) is 17.5. The quantitative estimate of drug-likeness (QED) is 0.591. The van der Waals surface area contributed by atoms with Gasteiger partial charge in [-0.3, -0.25) is 0 Å². The van der Waals surface area contributed by atoms with Crippen molar-refractivity contribution < 1.29 is 33.2 Å². The van der Waals surface area contributed by atoms with Crippen LogP contribution in [0.1, 0.15) is 0 Å². The van der Waals surface area contributed by atoms with E-state index < -0.39 is 0 Å². The molecule has 7 nitrogen and oxygen atoms in total. The molecule has 0 aliphatic carbocycles. The van der Waals surface area contributed by atoms with Crippen LogP contribution in [0, 0.1) is 0 Å². The molecule has 0 amide bonds. The van der Waals surface area contributed by atoms with Crippen LogP contribution in [0.3, 0.4) is 0 Å². The van der Waals surface area contributed by atoms with Gasteiger partial charge in [-0.25, -0.2) is 4.98 Å². The first-order chi connectivity index (χ1) is 15.4.